The number of nitrogens with one attached hydrogen (secondary N) is 1. The minimum Gasteiger partial charge on any atom is -0.450 e. The summed E-state index contributed by atoms with van der Waals surface area (Å²) in [4.78, 5) is 13.5. The average molecular weight is 306 g/mol. The quantitative estimate of drug-likeness (QED) is 0.877. The van der Waals surface area contributed by atoms with Crippen LogP contribution < -0.4 is 5.32 Å². The molecular weight excluding hydrogens is 280 g/mol. The first kappa shape index (κ1) is 16.8. The number of likely N-dealkylation sites (tertiary alicyclic amines) is 1. The first-order valence-corrected chi connectivity index (χ1v) is 8.01. The third-order valence-electron chi connectivity index (χ3n) is 4.14. The van der Waals surface area contributed by atoms with Crippen LogP contribution in [0.3, 0.4) is 0 Å². The van der Waals surface area contributed by atoms with E-state index >= 15 is 0 Å². The Bertz CT molecular complexity index is 485. The lowest BCUT2D eigenvalue weighted by Gasteiger charge is -2.33. The molecule has 1 saturated heterocycles. The van der Waals surface area contributed by atoms with Gasteiger partial charge in [-0.25, -0.2) is 4.79 Å². The van der Waals surface area contributed by atoms with Gasteiger partial charge in [-0.3, -0.25) is 0 Å². The molecule has 0 spiro atoms. The van der Waals surface area contributed by atoms with Gasteiger partial charge in [0.05, 0.1) is 13.2 Å². The van der Waals surface area contributed by atoms with Crippen molar-refractivity contribution in [1.29, 1.82) is 0 Å². The molecule has 1 heterocycles. The molecule has 0 aromatic heterocycles. The Kier molecular flexibility index (Phi) is 6.21. The molecule has 1 aromatic carbocycles. The van der Waals surface area contributed by atoms with E-state index < -0.39 is 0 Å². The molecule has 1 amide bonds. The number of aliphatic hydroxyl groups excluding tert-OH is 1. The van der Waals surface area contributed by atoms with E-state index in [1.54, 1.807) is 4.90 Å². The highest BCUT2D eigenvalue weighted by Crippen LogP contribution is 2.19. The van der Waals surface area contributed by atoms with Crippen LogP contribution in [0.5, 0.6) is 0 Å². The summed E-state index contributed by atoms with van der Waals surface area (Å²) in [5, 5.41) is 12.8. The van der Waals surface area contributed by atoms with Crippen LogP contribution in [0.1, 0.15) is 43.9 Å². The van der Waals surface area contributed by atoms with Crippen LogP contribution in [-0.2, 0) is 11.3 Å². The Hall–Kier alpha value is -1.59. The van der Waals surface area contributed by atoms with Crippen molar-refractivity contribution in [3.8, 4) is 0 Å². The average Bonchev–Trinajstić information content (AvgIpc) is 2.55. The van der Waals surface area contributed by atoms with Crippen LogP contribution in [0.15, 0.2) is 24.3 Å². The SMILES string of the molecule is CCOC(=O)N1CCC(NC(C)c2cccc(CO)c2)CC1. The van der Waals surface area contributed by atoms with Gasteiger partial charge >= 0.3 is 6.09 Å². The van der Waals surface area contributed by atoms with E-state index in [1.165, 1.54) is 5.56 Å². The molecule has 1 atom stereocenters. The van der Waals surface area contributed by atoms with E-state index in [1.807, 2.05) is 25.1 Å². The second kappa shape index (κ2) is 8.15. The molecule has 1 fully saturated rings. The minimum absolute atomic E-state index is 0.0679. The van der Waals surface area contributed by atoms with Gasteiger partial charge < -0.3 is 20.1 Å². The Morgan fingerprint density at radius 2 is 2.18 bits per heavy atom. The van der Waals surface area contributed by atoms with E-state index in [2.05, 4.69) is 18.3 Å². The highest BCUT2D eigenvalue weighted by atomic mass is 16.6. The summed E-state index contributed by atoms with van der Waals surface area (Å²) in [5.41, 5.74) is 2.11. The van der Waals surface area contributed by atoms with Crippen LogP contribution in [-0.4, -0.2) is 41.8 Å². The third-order valence-corrected chi connectivity index (χ3v) is 4.14. The van der Waals surface area contributed by atoms with Gasteiger partial charge in [-0.05, 0) is 37.8 Å². The lowest BCUT2D eigenvalue weighted by molar-refractivity contribution is 0.0943. The summed E-state index contributed by atoms with van der Waals surface area (Å²) in [7, 11) is 0. The molecule has 1 aromatic rings. The molecule has 5 nitrogen and oxygen atoms in total. The van der Waals surface area contributed by atoms with Gasteiger partial charge in [0.2, 0.25) is 0 Å². The van der Waals surface area contributed by atoms with Gasteiger partial charge in [0.25, 0.3) is 0 Å². The predicted molar refractivity (Wildman–Crippen MR) is 85.5 cm³/mol. The monoisotopic (exact) mass is 306 g/mol. The van der Waals surface area contributed by atoms with Crippen molar-refractivity contribution >= 4 is 6.09 Å². The molecule has 1 unspecified atom stereocenters. The molecule has 122 valence electrons. The van der Waals surface area contributed by atoms with Crippen LogP contribution in [0.4, 0.5) is 4.79 Å². The highest BCUT2D eigenvalue weighted by Gasteiger charge is 2.24. The first-order valence-electron chi connectivity index (χ1n) is 8.01. The van der Waals surface area contributed by atoms with Gasteiger partial charge in [0, 0.05) is 25.2 Å². The van der Waals surface area contributed by atoms with Crippen molar-refractivity contribution in [2.75, 3.05) is 19.7 Å². The van der Waals surface area contributed by atoms with Crippen LogP contribution >= 0.6 is 0 Å². The zero-order valence-corrected chi connectivity index (χ0v) is 13.4. The molecule has 0 radical (unpaired) electrons. The minimum atomic E-state index is -0.204. The molecule has 2 N–H and O–H groups in total. The van der Waals surface area contributed by atoms with Crippen LogP contribution in [0, 0.1) is 0 Å². The lowest BCUT2D eigenvalue weighted by Crippen LogP contribution is -2.45. The number of carbonyl (C=O) groups excluding carboxylic acids is 1. The van der Waals surface area contributed by atoms with Gasteiger partial charge in [-0.2, -0.15) is 0 Å². The third kappa shape index (κ3) is 4.45. The number of benzene rings is 1. The summed E-state index contributed by atoms with van der Waals surface area (Å²) < 4.78 is 5.04. The van der Waals surface area contributed by atoms with Crippen molar-refractivity contribution in [3.63, 3.8) is 0 Å². The molecule has 0 aliphatic carbocycles. The van der Waals surface area contributed by atoms with Crippen molar-refractivity contribution in [1.82, 2.24) is 10.2 Å². The van der Waals surface area contributed by atoms with Crippen molar-refractivity contribution in [2.24, 2.45) is 0 Å². The van der Waals surface area contributed by atoms with E-state index in [-0.39, 0.29) is 18.7 Å². The fourth-order valence-electron chi connectivity index (χ4n) is 2.85. The topological polar surface area (TPSA) is 61.8 Å². The maximum absolute atomic E-state index is 11.7. The molecule has 5 heteroatoms. The van der Waals surface area contributed by atoms with Crippen LogP contribution in [0.2, 0.25) is 0 Å². The molecule has 0 bridgehead atoms. The first-order chi connectivity index (χ1) is 10.6. The van der Waals surface area contributed by atoms with E-state index in [9.17, 15) is 9.90 Å². The summed E-state index contributed by atoms with van der Waals surface area (Å²) in [6.07, 6.45) is 1.66. The molecule has 1 aliphatic rings. The number of piperidine rings is 1. The highest BCUT2D eigenvalue weighted by molar-refractivity contribution is 5.67. The molecular formula is C17H26N2O3. The summed E-state index contributed by atoms with van der Waals surface area (Å²) >= 11 is 0. The zero-order chi connectivity index (χ0) is 15.9. The lowest BCUT2D eigenvalue weighted by atomic mass is 10.0. The Labute approximate surface area is 132 Å². The maximum Gasteiger partial charge on any atom is 0.409 e. The number of rotatable bonds is 5. The van der Waals surface area contributed by atoms with Crippen molar-refractivity contribution in [2.45, 2.75) is 45.4 Å². The standard InChI is InChI=1S/C17H26N2O3/c1-3-22-17(21)19-9-7-16(8-10-19)18-13(2)15-6-4-5-14(11-15)12-20/h4-6,11,13,16,18,20H,3,7-10,12H2,1-2H3. The summed E-state index contributed by atoms with van der Waals surface area (Å²) in [6, 6.07) is 8.64. The van der Waals surface area contributed by atoms with Gasteiger partial charge in [0.1, 0.15) is 0 Å². The largest absolute Gasteiger partial charge is 0.450 e. The maximum atomic E-state index is 11.7. The number of aliphatic hydroxyl groups is 1. The van der Waals surface area contributed by atoms with Gasteiger partial charge in [-0.1, -0.05) is 24.3 Å². The fraction of sp³-hybridized carbons (Fsp3) is 0.588. The molecule has 1 aliphatic heterocycles. The molecule has 22 heavy (non-hydrogen) atoms. The molecule has 0 saturated carbocycles. The smallest absolute Gasteiger partial charge is 0.409 e. The number of ether oxygens (including phenoxy) is 1. The second-order valence-electron chi connectivity index (χ2n) is 5.75. The Morgan fingerprint density at radius 1 is 1.45 bits per heavy atom. The number of hydrogen-bond donors (Lipinski definition) is 2. The Morgan fingerprint density at radius 3 is 2.82 bits per heavy atom. The molecule has 2 rings (SSSR count). The van der Waals surface area contributed by atoms with E-state index in [4.69, 9.17) is 4.74 Å². The van der Waals surface area contributed by atoms with E-state index in [0.717, 1.165) is 31.5 Å². The zero-order valence-electron chi connectivity index (χ0n) is 13.4. The van der Waals surface area contributed by atoms with E-state index in [0.29, 0.717) is 12.6 Å². The predicted octanol–water partition coefficient (Wildman–Crippen LogP) is 2.45. The number of nitrogens with zero attached hydrogens (tertiary/aromatic N) is 1. The number of hydrogen-bond acceptors (Lipinski definition) is 4. The van der Waals surface area contributed by atoms with Crippen molar-refractivity contribution < 1.29 is 14.6 Å². The fourth-order valence-corrected chi connectivity index (χ4v) is 2.85. The van der Waals surface area contributed by atoms with Crippen LogP contribution in [0.25, 0.3) is 0 Å². The van der Waals surface area contributed by atoms with Gasteiger partial charge in [0.15, 0.2) is 0 Å². The normalized spacial score (nSPS) is 17.3. The summed E-state index contributed by atoms with van der Waals surface area (Å²) in [5.74, 6) is 0. The van der Waals surface area contributed by atoms with Crippen molar-refractivity contribution in [3.05, 3.63) is 35.4 Å². The number of carbonyl (C=O) groups is 1. The Balaban J connectivity index is 1.83. The number of amides is 1. The second-order valence-corrected chi connectivity index (χ2v) is 5.75. The van der Waals surface area contributed by atoms with Gasteiger partial charge in [-0.15, -0.1) is 0 Å². The summed E-state index contributed by atoms with van der Waals surface area (Å²) in [6.45, 7) is 5.93.